The molecule has 5 nitrogen and oxygen atoms in total. The normalized spacial score (nSPS) is 13.7. The number of benzene rings is 3. The van der Waals surface area contributed by atoms with Crippen LogP contribution in [-0.2, 0) is 21.2 Å². The second-order valence-corrected chi connectivity index (χ2v) is 8.90. The summed E-state index contributed by atoms with van der Waals surface area (Å²) < 4.78 is 28.7. The molecule has 0 saturated heterocycles. The van der Waals surface area contributed by atoms with Crippen molar-refractivity contribution >= 4 is 26.7 Å². The molecule has 1 amide bonds. The lowest BCUT2D eigenvalue weighted by molar-refractivity contribution is -0.123. The van der Waals surface area contributed by atoms with Crippen molar-refractivity contribution in [1.82, 2.24) is 10.0 Å². The molecule has 29 heavy (non-hydrogen) atoms. The molecule has 0 saturated carbocycles. The zero-order valence-corrected chi connectivity index (χ0v) is 17.4. The molecular weight excluding hydrogens is 384 g/mol. The molecule has 0 fully saturated rings. The van der Waals surface area contributed by atoms with E-state index >= 15 is 0 Å². The van der Waals surface area contributed by atoms with E-state index in [2.05, 4.69) is 10.0 Å². The lowest BCUT2D eigenvalue weighted by atomic mass is 10.1. The molecule has 152 valence electrons. The van der Waals surface area contributed by atoms with Crippen LogP contribution in [0.3, 0.4) is 0 Å². The highest BCUT2D eigenvalue weighted by Gasteiger charge is 2.27. The maximum Gasteiger partial charge on any atom is 0.241 e. The average Bonchev–Trinajstić information content (AvgIpc) is 2.73. The fraction of sp³-hybridized carbons (Fsp3) is 0.261. The van der Waals surface area contributed by atoms with Gasteiger partial charge < -0.3 is 5.32 Å². The lowest BCUT2D eigenvalue weighted by Crippen LogP contribution is -2.50. The average molecular weight is 411 g/mol. The third-order valence-electron chi connectivity index (χ3n) is 4.93. The molecule has 0 heterocycles. The highest BCUT2D eigenvalue weighted by molar-refractivity contribution is 7.89. The van der Waals surface area contributed by atoms with Crippen molar-refractivity contribution in [2.24, 2.45) is 0 Å². The molecule has 2 N–H and O–H groups in total. The Morgan fingerprint density at radius 3 is 2.28 bits per heavy atom. The summed E-state index contributed by atoms with van der Waals surface area (Å²) in [5, 5.41) is 4.68. The van der Waals surface area contributed by atoms with Crippen molar-refractivity contribution < 1.29 is 13.2 Å². The van der Waals surface area contributed by atoms with Crippen LogP contribution in [0.2, 0.25) is 0 Å². The monoisotopic (exact) mass is 410 g/mol. The standard InChI is InChI=1S/C23H26N2O3S/c1-3-17(2)24-23(26)22(15-18-9-5-4-6-10-18)25-29(27,28)21-14-13-19-11-7-8-12-20(19)16-21/h4-14,16-17,22,25H,3,15H2,1-2H3,(H,24,26). The maximum atomic E-state index is 13.0. The van der Waals surface area contributed by atoms with Crippen LogP contribution in [0.4, 0.5) is 0 Å². The van der Waals surface area contributed by atoms with Crippen molar-refractivity contribution in [1.29, 1.82) is 0 Å². The van der Waals surface area contributed by atoms with Gasteiger partial charge in [-0.15, -0.1) is 0 Å². The summed E-state index contributed by atoms with van der Waals surface area (Å²) in [6.45, 7) is 3.87. The predicted molar refractivity (Wildman–Crippen MR) is 116 cm³/mol. The van der Waals surface area contributed by atoms with Crippen LogP contribution in [0.1, 0.15) is 25.8 Å². The van der Waals surface area contributed by atoms with Crippen LogP contribution in [0.15, 0.2) is 77.7 Å². The molecule has 0 bridgehead atoms. The van der Waals surface area contributed by atoms with Gasteiger partial charge in [-0.05, 0) is 48.2 Å². The minimum absolute atomic E-state index is 0.0362. The minimum Gasteiger partial charge on any atom is -0.352 e. The molecule has 2 atom stereocenters. The van der Waals surface area contributed by atoms with Gasteiger partial charge in [-0.25, -0.2) is 8.42 Å². The van der Waals surface area contributed by atoms with Gasteiger partial charge in [-0.3, -0.25) is 4.79 Å². The van der Waals surface area contributed by atoms with Gasteiger partial charge >= 0.3 is 0 Å². The van der Waals surface area contributed by atoms with Crippen LogP contribution >= 0.6 is 0 Å². The van der Waals surface area contributed by atoms with Gasteiger partial charge in [0.1, 0.15) is 6.04 Å². The predicted octanol–water partition coefficient (Wildman–Crippen LogP) is 3.64. The molecule has 0 aromatic heterocycles. The first kappa shape index (κ1) is 21.0. The van der Waals surface area contributed by atoms with Gasteiger partial charge in [-0.2, -0.15) is 4.72 Å². The van der Waals surface area contributed by atoms with Crippen molar-refractivity contribution in [3.05, 3.63) is 78.4 Å². The number of carbonyl (C=O) groups is 1. The van der Waals surface area contributed by atoms with E-state index in [1.165, 1.54) is 0 Å². The number of sulfonamides is 1. The van der Waals surface area contributed by atoms with Crippen molar-refractivity contribution in [3.8, 4) is 0 Å². The number of fused-ring (bicyclic) bond motifs is 1. The summed E-state index contributed by atoms with van der Waals surface area (Å²) in [5.41, 5.74) is 0.887. The highest BCUT2D eigenvalue weighted by Crippen LogP contribution is 2.19. The van der Waals surface area contributed by atoms with E-state index in [1.807, 2.05) is 68.4 Å². The minimum atomic E-state index is -3.87. The van der Waals surface area contributed by atoms with E-state index in [4.69, 9.17) is 0 Å². The Morgan fingerprint density at radius 1 is 0.931 bits per heavy atom. The molecule has 0 aliphatic carbocycles. The Morgan fingerprint density at radius 2 is 1.59 bits per heavy atom. The Kier molecular flexibility index (Phi) is 6.67. The summed E-state index contributed by atoms with van der Waals surface area (Å²) in [4.78, 5) is 12.9. The van der Waals surface area contributed by atoms with Gasteiger partial charge in [0.25, 0.3) is 0 Å². The topological polar surface area (TPSA) is 75.3 Å². The molecule has 3 aromatic carbocycles. The zero-order valence-electron chi connectivity index (χ0n) is 16.6. The van der Waals surface area contributed by atoms with E-state index in [-0.39, 0.29) is 23.3 Å². The molecule has 2 unspecified atom stereocenters. The first-order valence-corrected chi connectivity index (χ1v) is 11.2. The summed E-state index contributed by atoms with van der Waals surface area (Å²) in [5.74, 6) is -0.326. The van der Waals surface area contributed by atoms with Crippen LogP contribution in [-0.4, -0.2) is 26.4 Å². The summed E-state index contributed by atoms with van der Waals surface area (Å²) in [6.07, 6.45) is 1.04. The van der Waals surface area contributed by atoms with E-state index in [9.17, 15) is 13.2 Å². The molecule has 0 aliphatic heterocycles. The van der Waals surface area contributed by atoms with Gasteiger partial charge in [0.2, 0.25) is 15.9 Å². The van der Waals surface area contributed by atoms with Crippen LogP contribution < -0.4 is 10.0 Å². The van der Waals surface area contributed by atoms with Crippen molar-refractivity contribution in [2.45, 2.75) is 43.7 Å². The summed E-state index contributed by atoms with van der Waals surface area (Å²) in [7, 11) is -3.87. The summed E-state index contributed by atoms with van der Waals surface area (Å²) in [6, 6.07) is 21.0. The lowest BCUT2D eigenvalue weighted by Gasteiger charge is -2.21. The maximum absolute atomic E-state index is 13.0. The Labute approximate surface area is 172 Å². The SMILES string of the molecule is CCC(C)NC(=O)C(Cc1ccccc1)NS(=O)(=O)c1ccc2ccccc2c1. The largest absolute Gasteiger partial charge is 0.352 e. The van der Waals surface area contributed by atoms with Crippen LogP contribution in [0.25, 0.3) is 10.8 Å². The quantitative estimate of drug-likeness (QED) is 0.595. The fourth-order valence-corrected chi connectivity index (χ4v) is 4.30. The number of hydrogen-bond acceptors (Lipinski definition) is 3. The highest BCUT2D eigenvalue weighted by atomic mass is 32.2. The van der Waals surface area contributed by atoms with Crippen LogP contribution in [0, 0.1) is 0 Å². The Bertz CT molecular complexity index is 1080. The van der Waals surface area contributed by atoms with Gasteiger partial charge in [0.15, 0.2) is 0 Å². The third kappa shape index (κ3) is 5.43. The molecule has 3 rings (SSSR count). The van der Waals surface area contributed by atoms with Crippen LogP contribution in [0.5, 0.6) is 0 Å². The molecular formula is C23H26N2O3S. The molecule has 0 spiro atoms. The molecule has 6 heteroatoms. The second-order valence-electron chi connectivity index (χ2n) is 7.19. The Hall–Kier alpha value is -2.70. The molecule has 3 aromatic rings. The first-order chi connectivity index (χ1) is 13.9. The van der Waals surface area contributed by atoms with Crippen molar-refractivity contribution in [2.75, 3.05) is 0 Å². The first-order valence-electron chi connectivity index (χ1n) is 9.74. The molecule has 0 radical (unpaired) electrons. The number of hydrogen-bond donors (Lipinski definition) is 2. The fourth-order valence-electron chi connectivity index (χ4n) is 3.07. The van der Waals surface area contributed by atoms with Gasteiger partial charge in [-0.1, -0.05) is 67.6 Å². The number of amides is 1. The zero-order chi connectivity index (χ0) is 20.9. The Balaban J connectivity index is 1.88. The van der Waals surface area contributed by atoms with E-state index in [0.717, 1.165) is 22.8 Å². The number of nitrogens with one attached hydrogen (secondary N) is 2. The van der Waals surface area contributed by atoms with E-state index < -0.39 is 16.1 Å². The van der Waals surface area contributed by atoms with E-state index in [0.29, 0.717) is 0 Å². The number of rotatable bonds is 8. The van der Waals surface area contributed by atoms with Gasteiger partial charge in [0.05, 0.1) is 4.90 Å². The third-order valence-corrected chi connectivity index (χ3v) is 6.40. The second kappa shape index (κ2) is 9.20. The van der Waals surface area contributed by atoms with Crippen molar-refractivity contribution in [3.63, 3.8) is 0 Å². The van der Waals surface area contributed by atoms with Gasteiger partial charge in [0, 0.05) is 6.04 Å². The molecule has 0 aliphatic rings. The van der Waals surface area contributed by atoms with E-state index in [1.54, 1.807) is 18.2 Å². The number of carbonyl (C=O) groups excluding carboxylic acids is 1. The smallest absolute Gasteiger partial charge is 0.241 e. The summed E-state index contributed by atoms with van der Waals surface area (Å²) >= 11 is 0.